The number of aromatic nitrogens is 3. The van der Waals surface area contributed by atoms with E-state index >= 15 is 0 Å². The maximum atomic E-state index is 6.11. The fourth-order valence-electron chi connectivity index (χ4n) is 2.97. The molecule has 19 heavy (non-hydrogen) atoms. The normalized spacial score (nSPS) is 28.4. The quantitative estimate of drug-likeness (QED) is 0.787. The lowest BCUT2D eigenvalue weighted by Gasteiger charge is -2.43. The first-order chi connectivity index (χ1) is 9.19. The van der Waals surface area contributed by atoms with Gasteiger partial charge in [0.25, 0.3) is 0 Å². The number of hydrogen-bond donors (Lipinski definition) is 0. The van der Waals surface area contributed by atoms with Crippen molar-refractivity contribution in [2.45, 2.75) is 49.6 Å². The zero-order chi connectivity index (χ0) is 13.3. The zero-order valence-corrected chi connectivity index (χ0v) is 12.8. The number of hydrogen-bond acceptors (Lipinski definition) is 4. The van der Waals surface area contributed by atoms with Gasteiger partial charge in [-0.15, -0.1) is 16.7 Å². The predicted octanol–water partition coefficient (Wildman–Crippen LogP) is 3.20. The van der Waals surface area contributed by atoms with Crippen LogP contribution in [0.1, 0.15) is 49.7 Å². The third-order valence-electron chi connectivity index (χ3n) is 4.18. The van der Waals surface area contributed by atoms with Crippen molar-refractivity contribution in [3.05, 3.63) is 11.9 Å². The molecule has 0 aromatic carbocycles. The molecule has 1 aromatic rings. The van der Waals surface area contributed by atoms with Crippen molar-refractivity contribution >= 4 is 23.4 Å². The van der Waals surface area contributed by atoms with Gasteiger partial charge in [-0.05, 0) is 44.1 Å². The maximum Gasteiger partial charge on any atom is 0.100 e. The second kappa shape index (κ2) is 5.62. The summed E-state index contributed by atoms with van der Waals surface area (Å²) in [5, 5.41) is 8.35. The smallest absolute Gasteiger partial charge is 0.100 e. The van der Waals surface area contributed by atoms with E-state index in [9.17, 15) is 0 Å². The van der Waals surface area contributed by atoms with Crippen molar-refractivity contribution in [2.75, 3.05) is 18.1 Å². The number of ether oxygens (including phenoxy) is 1. The SMILES string of the molecule is CC(Cl)c1cn(C2CCOC3(CCSCC3)C2)nn1. The molecule has 2 aliphatic rings. The number of nitrogens with zero attached hydrogens (tertiary/aromatic N) is 3. The van der Waals surface area contributed by atoms with Gasteiger partial charge in [0.1, 0.15) is 5.69 Å². The largest absolute Gasteiger partial charge is 0.375 e. The molecule has 0 bridgehead atoms. The van der Waals surface area contributed by atoms with Crippen LogP contribution in [0.3, 0.4) is 0 Å². The van der Waals surface area contributed by atoms with Crippen LogP contribution >= 0.6 is 23.4 Å². The van der Waals surface area contributed by atoms with Gasteiger partial charge < -0.3 is 4.74 Å². The minimum atomic E-state index is -0.0753. The standard InChI is InChI=1S/C13H20ClN3OS/c1-10(14)12-9-17(16-15-12)11-2-5-18-13(8-11)3-6-19-7-4-13/h9-11H,2-8H2,1H3. The predicted molar refractivity (Wildman–Crippen MR) is 77.8 cm³/mol. The van der Waals surface area contributed by atoms with Crippen LogP contribution in [0.15, 0.2) is 6.20 Å². The van der Waals surface area contributed by atoms with E-state index in [0.717, 1.165) is 25.1 Å². The maximum absolute atomic E-state index is 6.11. The lowest BCUT2D eigenvalue weighted by molar-refractivity contribution is -0.100. The minimum absolute atomic E-state index is 0.0753. The van der Waals surface area contributed by atoms with Gasteiger partial charge in [0, 0.05) is 6.61 Å². The molecule has 4 nitrogen and oxygen atoms in total. The highest BCUT2D eigenvalue weighted by Gasteiger charge is 2.39. The van der Waals surface area contributed by atoms with E-state index in [2.05, 4.69) is 10.3 Å². The lowest BCUT2D eigenvalue weighted by atomic mass is 9.85. The van der Waals surface area contributed by atoms with Crippen molar-refractivity contribution in [1.29, 1.82) is 0 Å². The Labute approximate surface area is 123 Å². The van der Waals surface area contributed by atoms with Crippen molar-refractivity contribution in [2.24, 2.45) is 0 Å². The van der Waals surface area contributed by atoms with Crippen LogP contribution in [0.2, 0.25) is 0 Å². The molecule has 1 spiro atoms. The summed E-state index contributed by atoms with van der Waals surface area (Å²) in [6.07, 6.45) is 6.42. The van der Waals surface area contributed by atoms with Gasteiger partial charge in [-0.25, -0.2) is 4.68 Å². The van der Waals surface area contributed by atoms with E-state index in [-0.39, 0.29) is 11.0 Å². The van der Waals surface area contributed by atoms with Gasteiger partial charge in [0.05, 0.1) is 23.2 Å². The summed E-state index contributed by atoms with van der Waals surface area (Å²) in [5.41, 5.74) is 0.953. The van der Waals surface area contributed by atoms with Gasteiger partial charge in [0.2, 0.25) is 0 Å². The summed E-state index contributed by atoms with van der Waals surface area (Å²) >= 11 is 8.09. The second-order valence-electron chi connectivity index (χ2n) is 5.53. The van der Waals surface area contributed by atoms with Crippen LogP contribution < -0.4 is 0 Å². The molecule has 0 aliphatic carbocycles. The third kappa shape index (κ3) is 2.93. The fraction of sp³-hybridized carbons (Fsp3) is 0.846. The first-order valence-electron chi connectivity index (χ1n) is 6.96. The summed E-state index contributed by atoms with van der Waals surface area (Å²) < 4.78 is 8.11. The molecular formula is C13H20ClN3OS. The average molecular weight is 302 g/mol. The van der Waals surface area contributed by atoms with Crippen LogP contribution in [0.4, 0.5) is 0 Å². The second-order valence-corrected chi connectivity index (χ2v) is 7.41. The molecule has 1 aromatic heterocycles. The van der Waals surface area contributed by atoms with Crippen LogP contribution in [0.5, 0.6) is 0 Å². The van der Waals surface area contributed by atoms with Gasteiger partial charge in [-0.1, -0.05) is 5.21 Å². The van der Waals surface area contributed by atoms with E-state index in [1.54, 1.807) is 0 Å². The molecule has 2 fully saturated rings. The third-order valence-corrected chi connectivity index (χ3v) is 5.39. The van der Waals surface area contributed by atoms with Crippen molar-refractivity contribution in [3.63, 3.8) is 0 Å². The molecule has 0 N–H and O–H groups in total. The Kier molecular flexibility index (Phi) is 4.06. The first kappa shape index (κ1) is 13.7. The van der Waals surface area contributed by atoms with E-state index in [1.807, 2.05) is 29.6 Å². The molecule has 2 saturated heterocycles. The Bertz CT molecular complexity index is 426. The Hall–Kier alpha value is -0.260. The molecule has 2 aliphatic heterocycles. The highest BCUT2D eigenvalue weighted by Crippen LogP contribution is 2.41. The van der Waals surface area contributed by atoms with Gasteiger partial charge in [-0.3, -0.25) is 0 Å². The number of thioether (sulfide) groups is 1. The fourth-order valence-corrected chi connectivity index (χ4v) is 4.31. The van der Waals surface area contributed by atoms with Crippen LogP contribution in [-0.4, -0.2) is 38.7 Å². The summed E-state index contributed by atoms with van der Waals surface area (Å²) in [6, 6.07) is 0.411. The highest BCUT2D eigenvalue weighted by molar-refractivity contribution is 7.99. The van der Waals surface area contributed by atoms with Gasteiger partial charge in [0.15, 0.2) is 0 Å². The minimum Gasteiger partial charge on any atom is -0.375 e. The highest BCUT2D eigenvalue weighted by atomic mass is 35.5. The van der Waals surface area contributed by atoms with Crippen LogP contribution in [0, 0.1) is 0 Å². The molecule has 3 heterocycles. The molecule has 6 heteroatoms. The van der Waals surface area contributed by atoms with Crippen LogP contribution in [0.25, 0.3) is 0 Å². The number of halogens is 1. The van der Waals surface area contributed by atoms with E-state index in [0.29, 0.717) is 6.04 Å². The summed E-state index contributed by atoms with van der Waals surface area (Å²) in [6.45, 7) is 2.76. The molecule has 0 saturated carbocycles. The number of rotatable bonds is 2. The Morgan fingerprint density at radius 2 is 2.32 bits per heavy atom. The summed E-state index contributed by atoms with van der Waals surface area (Å²) in [5.74, 6) is 2.43. The van der Waals surface area contributed by atoms with E-state index < -0.39 is 0 Å². The Balaban J connectivity index is 1.73. The molecule has 2 atom stereocenters. The van der Waals surface area contributed by atoms with Gasteiger partial charge in [-0.2, -0.15) is 11.8 Å². The number of alkyl halides is 1. The summed E-state index contributed by atoms with van der Waals surface area (Å²) in [4.78, 5) is 0. The summed E-state index contributed by atoms with van der Waals surface area (Å²) in [7, 11) is 0. The van der Waals surface area contributed by atoms with E-state index in [4.69, 9.17) is 16.3 Å². The Morgan fingerprint density at radius 1 is 1.53 bits per heavy atom. The molecule has 0 radical (unpaired) electrons. The topological polar surface area (TPSA) is 39.9 Å². The van der Waals surface area contributed by atoms with Crippen LogP contribution in [-0.2, 0) is 4.74 Å². The zero-order valence-electron chi connectivity index (χ0n) is 11.2. The Morgan fingerprint density at radius 3 is 3.00 bits per heavy atom. The first-order valence-corrected chi connectivity index (χ1v) is 8.55. The van der Waals surface area contributed by atoms with Gasteiger partial charge >= 0.3 is 0 Å². The molecule has 0 amide bonds. The molecule has 3 rings (SSSR count). The lowest BCUT2D eigenvalue weighted by Crippen LogP contribution is -2.43. The molecule has 2 unspecified atom stereocenters. The van der Waals surface area contributed by atoms with E-state index in [1.165, 1.54) is 24.3 Å². The van der Waals surface area contributed by atoms with Crippen molar-refractivity contribution in [1.82, 2.24) is 15.0 Å². The van der Waals surface area contributed by atoms with Crippen molar-refractivity contribution < 1.29 is 4.74 Å². The monoisotopic (exact) mass is 301 g/mol. The van der Waals surface area contributed by atoms with Crippen molar-refractivity contribution in [3.8, 4) is 0 Å². The average Bonchev–Trinajstić information content (AvgIpc) is 2.89. The molecule has 106 valence electrons. The molecular weight excluding hydrogens is 282 g/mol.